The van der Waals surface area contributed by atoms with Crippen LogP contribution >= 0.6 is 11.6 Å². The number of likely N-dealkylation sites (N-methyl/N-ethyl adjacent to an activating group) is 1. The molecule has 2 aromatic heterocycles. The van der Waals surface area contributed by atoms with Gasteiger partial charge in [0.2, 0.25) is 5.95 Å². The summed E-state index contributed by atoms with van der Waals surface area (Å²) in [6, 6.07) is 18.1. The Hall–Kier alpha value is -4.01. The zero-order valence-corrected chi connectivity index (χ0v) is 22.6. The number of hydrogen-bond donors (Lipinski definition) is 2. The zero-order valence-electron chi connectivity index (χ0n) is 21.9. The van der Waals surface area contributed by atoms with Gasteiger partial charge < -0.3 is 20.2 Å². The van der Waals surface area contributed by atoms with Gasteiger partial charge in [0.05, 0.1) is 18.3 Å². The van der Waals surface area contributed by atoms with Gasteiger partial charge in [0.15, 0.2) is 5.82 Å². The lowest BCUT2D eigenvalue weighted by molar-refractivity contribution is -0.138. The van der Waals surface area contributed by atoms with E-state index in [-0.39, 0.29) is 6.42 Å². The number of fused-ring (bicyclic) bond motifs is 2. The highest BCUT2D eigenvalue weighted by molar-refractivity contribution is 6.33. The molecule has 1 unspecified atom stereocenters. The molecule has 2 aliphatic rings. The van der Waals surface area contributed by atoms with Crippen LogP contribution in [0.15, 0.2) is 67.0 Å². The number of aromatic nitrogens is 3. The number of carboxylic acids is 1. The van der Waals surface area contributed by atoms with Crippen molar-refractivity contribution in [3.05, 3.63) is 88.7 Å². The van der Waals surface area contributed by atoms with Crippen LogP contribution in [-0.4, -0.2) is 51.1 Å². The maximum Gasteiger partial charge on any atom is 0.304 e. The van der Waals surface area contributed by atoms with Crippen LogP contribution in [0.25, 0.3) is 11.3 Å². The van der Waals surface area contributed by atoms with Crippen LogP contribution in [0.3, 0.4) is 0 Å². The number of nitrogens with one attached hydrogen (secondary N) is 1. The highest BCUT2D eigenvalue weighted by Gasteiger charge is 2.42. The molecule has 0 radical (unpaired) electrons. The van der Waals surface area contributed by atoms with Gasteiger partial charge in [0, 0.05) is 48.2 Å². The maximum atomic E-state index is 11.7. The third-order valence-electron chi connectivity index (χ3n) is 7.60. The van der Waals surface area contributed by atoms with Crippen molar-refractivity contribution in [2.75, 3.05) is 30.4 Å². The van der Waals surface area contributed by atoms with E-state index in [1.165, 1.54) is 11.1 Å². The number of anilines is 4. The molecule has 1 atom stereocenters. The van der Waals surface area contributed by atoms with Crippen molar-refractivity contribution in [3.63, 3.8) is 0 Å². The van der Waals surface area contributed by atoms with E-state index >= 15 is 0 Å². The van der Waals surface area contributed by atoms with E-state index in [9.17, 15) is 9.90 Å². The smallest absolute Gasteiger partial charge is 0.304 e. The Labute approximate surface area is 232 Å². The van der Waals surface area contributed by atoms with Crippen LogP contribution in [0.4, 0.5) is 23.1 Å². The summed E-state index contributed by atoms with van der Waals surface area (Å²) in [6.07, 6.45) is 4.38. The quantitative estimate of drug-likeness (QED) is 0.316. The lowest BCUT2D eigenvalue weighted by Gasteiger charge is -2.28. The highest BCUT2D eigenvalue weighted by atomic mass is 35.5. The van der Waals surface area contributed by atoms with Gasteiger partial charge >= 0.3 is 5.97 Å². The topological polar surface area (TPSA) is 94.5 Å². The molecule has 2 aromatic carbocycles. The van der Waals surface area contributed by atoms with Gasteiger partial charge in [-0.3, -0.25) is 9.78 Å². The van der Waals surface area contributed by atoms with Crippen LogP contribution < -0.4 is 10.2 Å². The van der Waals surface area contributed by atoms with Crippen LogP contribution in [0.2, 0.25) is 5.02 Å². The Kier molecular flexibility index (Phi) is 6.45. The molecule has 0 saturated carbocycles. The van der Waals surface area contributed by atoms with Crippen molar-refractivity contribution < 1.29 is 9.90 Å². The molecule has 9 heteroatoms. The minimum Gasteiger partial charge on any atom is -0.481 e. The van der Waals surface area contributed by atoms with E-state index in [1.807, 2.05) is 60.5 Å². The van der Waals surface area contributed by atoms with E-state index < -0.39 is 11.4 Å². The normalized spacial score (nSPS) is 18.5. The molecule has 0 bridgehead atoms. The highest BCUT2D eigenvalue weighted by Crippen LogP contribution is 2.47. The Balaban J connectivity index is 1.37. The summed E-state index contributed by atoms with van der Waals surface area (Å²) in [4.78, 5) is 29.9. The molecule has 4 heterocycles. The molecule has 39 heavy (non-hydrogen) atoms. The molecule has 0 amide bonds. The number of carbonyl (C=O) groups is 1. The Morgan fingerprint density at radius 1 is 1.15 bits per heavy atom. The minimum absolute atomic E-state index is 0.00813. The van der Waals surface area contributed by atoms with E-state index in [4.69, 9.17) is 16.6 Å². The average molecular weight is 541 g/mol. The predicted octanol–water partition coefficient (Wildman–Crippen LogP) is 5.81. The van der Waals surface area contributed by atoms with Crippen molar-refractivity contribution in [2.24, 2.45) is 0 Å². The van der Waals surface area contributed by atoms with Crippen LogP contribution in [-0.2, 0) is 23.2 Å². The van der Waals surface area contributed by atoms with Crippen molar-refractivity contribution >= 4 is 40.7 Å². The molecule has 4 aromatic rings. The SMILES string of the molecule is CN1CCc2c(cc(Nc3ncc(Cl)c(N4CC(C)(CC(=O)O)c5ccccc54)n3)cc2-c2ccccn2)C1. The first kappa shape index (κ1) is 25.3. The van der Waals surface area contributed by atoms with Gasteiger partial charge in [0.25, 0.3) is 0 Å². The van der Waals surface area contributed by atoms with Gasteiger partial charge in [-0.05, 0) is 60.5 Å². The number of para-hydroxylation sites is 1. The molecule has 0 fully saturated rings. The second-order valence-corrected chi connectivity index (χ2v) is 11.0. The number of benzene rings is 2. The predicted molar refractivity (Wildman–Crippen MR) is 153 cm³/mol. The van der Waals surface area contributed by atoms with Gasteiger partial charge in [0.1, 0.15) is 5.02 Å². The number of hydrogen-bond acceptors (Lipinski definition) is 7. The van der Waals surface area contributed by atoms with Crippen molar-refractivity contribution in [1.29, 1.82) is 0 Å². The van der Waals surface area contributed by atoms with Crippen molar-refractivity contribution in [2.45, 2.75) is 31.7 Å². The summed E-state index contributed by atoms with van der Waals surface area (Å²) >= 11 is 6.64. The molecule has 6 rings (SSSR count). The number of aliphatic carboxylic acids is 1. The van der Waals surface area contributed by atoms with E-state index in [0.29, 0.717) is 23.3 Å². The fraction of sp³-hybridized carbons (Fsp3) is 0.267. The average Bonchev–Trinajstić information content (AvgIpc) is 3.21. The molecule has 0 aliphatic carbocycles. The minimum atomic E-state index is -0.841. The van der Waals surface area contributed by atoms with Gasteiger partial charge in [-0.15, -0.1) is 0 Å². The third-order valence-corrected chi connectivity index (χ3v) is 7.86. The Morgan fingerprint density at radius 3 is 2.77 bits per heavy atom. The van der Waals surface area contributed by atoms with Gasteiger partial charge in [-0.2, -0.15) is 4.98 Å². The van der Waals surface area contributed by atoms with Crippen LogP contribution in [0, 0.1) is 0 Å². The zero-order chi connectivity index (χ0) is 27.1. The second-order valence-electron chi connectivity index (χ2n) is 10.6. The third kappa shape index (κ3) is 4.82. The van der Waals surface area contributed by atoms with Crippen LogP contribution in [0.1, 0.15) is 30.0 Å². The second kappa shape index (κ2) is 9.94. The first-order valence-corrected chi connectivity index (χ1v) is 13.3. The molecular weight excluding hydrogens is 512 g/mol. The summed E-state index contributed by atoms with van der Waals surface area (Å²) in [5.74, 6) is 0.111. The largest absolute Gasteiger partial charge is 0.481 e. The molecule has 2 N–H and O–H groups in total. The maximum absolute atomic E-state index is 11.7. The summed E-state index contributed by atoms with van der Waals surface area (Å²) in [5, 5.41) is 13.4. The molecule has 0 saturated heterocycles. The van der Waals surface area contributed by atoms with E-state index in [0.717, 1.165) is 47.7 Å². The Bertz CT molecular complexity index is 1560. The fourth-order valence-electron chi connectivity index (χ4n) is 5.81. The number of nitrogens with zero attached hydrogens (tertiary/aromatic N) is 5. The lowest BCUT2D eigenvalue weighted by atomic mass is 9.81. The first-order valence-electron chi connectivity index (χ1n) is 12.9. The fourth-order valence-corrected chi connectivity index (χ4v) is 6.01. The number of rotatable bonds is 6. The van der Waals surface area contributed by atoms with E-state index in [1.54, 1.807) is 6.20 Å². The number of halogens is 1. The molecule has 198 valence electrons. The van der Waals surface area contributed by atoms with Crippen molar-refractivity contribution in [3.8, 4) is 11.3 Å². The molecular formula is C30H29ClN6O2. The summed E-state index contributed by atoms with van der Waals surface area (Å²) < 4.78 is 0. The monoisotopic (exact) mass is 540 g/mol. The van der Waals surface area contributed by atoms with Gasteiger partial charge in [-0.1, -0.05) is 42.8 Å². The molecule has 0 spiro atoms. The number of pyridine rings is 1. The lowest BCUT2D eigenvalue weighted by Crippen LogP contribution is -2.31. The summed E-state index contributed by atoms with van der Waals surface area (Å²) in [6.45, 7) is 4.27. The first-order chi connectivity index (χ1) is 18.8. The van der Waals surface area contributed by atoms with Gasteiger partial charge in [-0.25, -0.2) is 4.98 Å². The number of carboxylic acid groups (broad SMARTS) is 1. The van der Waals surface area contributed by atoms with E-state index in [2.05, 4.69) is 39.4 Å². The standard InChI is InChI=1S/C30H29ClN6O2/c1-30(15-27(38)39)18-37(26-9-4-3-7-23(26)30)28-24(31)16-33-29(35-28)34-20-13-19-17-36(2)12-10-21(19)22(14-20)25-8-5-6-11-32-25/h3-9,11,13-14,16H,10,12,15,17-18H2,1-2H3,(H,38,39)(H,33,34,35). The van der Waals surface area contributed by atoms with Crippen molar-refractivity contribution in [1.82, 2.24) is 19.9 Å². The summed E-state index contributed by atoms with van der Waals surface area (Å²) in [7, 11) is 2.13. The molecule has 8 nitrogen and oxygen atoms in total. The summed E-state index contributed by atoms with van der Waals surface area (Å²) in [5.41, 5.74) is 6.78. The van der Waals surface area contributed by atoms with Crippen LogP contribution in [0.5, 0.6) is 0 Å². The molecule has 2 aliphatic heterocycles. The Morgan fingerprint density at radius 2 is 1.97 bits per heavy atom.